The molecule has 1 unspecified atom stereocenters. The van der Waals surface area contributed by atoms with Gasteiger partial charge in [-0.15, -0.1) is 0 Å². The predicted octanol–water partition coefficient (Wildman–Crippen LogP) is 3.47. The van der Waals surface area contributed by atoms with Gasteiger partial charge in [-0.1, -0.05) is 20.8 Å². The van der Waals surface area contributed by atoms with Crippen molar-refractivity contribution in [1.29, 1.82) is 0 Å². The number of hydrogen-bond donors (Lipinski definition) is 2. The lowest BCUT2D eigenvalue weighted by molar-refractivity contribution is 0.332. The molecule has 1 aliphatic rings. The third-order valence-electron chi connectivity index (χ3n) is 3.11. The van der Waals surface area contributed by atoms with E-state index in [9.17, 15) is 4.39 Å². The van der Waals surface area contributed by atoms with Crippen molar-refractivity contribution >= 4 is 11.4 Å². The van der Waals surface area contributed by atoms with Crippen LogP contribution in [0.25, 0.3) is 0 Å². The fourth-order valence-corrected chi connectivity index (χ4v) is 2.05. The molecule has 0 amide bonds. The number of rotatable bonds is 0. The van der Waals surface area contributed by atoms with Gasteiger partial charge in [0.25, 0.3) is 0 Å². The molecule has 1 atom stereocenters. The smallest absolute Gasteiger partial charge is 0.125 e. The first-order valence-corrected chi connectivity index (χ1v) is 5.77. The number of benzene rings is 1. The quantitative estimate of drug-likeness (QED) is 0.702. The summed E-state index contributed by atoms with van der Waals surface area (Å²) >= 11 is 0. The second-order valence-electron chi connectivity index (χ2n) is 5.47. The SMILES string of the molecule is CC(C)(C)C1CCNc2cc(F)ccc2N1. The van der Waals surface area contributed by atoms with Crippen molar-refractivity contribution in [1.82, 2.24) is 0 Å². The summed E-state index contributed by atoms with van der Waals surface area (Å²) in [7, 11) is 0. The lowest BCUT2D eigenvalue weighted by atomic mass is 9.85. The fraction of sp³-hybridized carbons (Fsp3) is 0.538. The van der Waals surface area contributed by atoms with Crippen LogP contribution in [0.15, 0.2) is 18.2 Å². The lowest BCUT2D eigenvalue weighted by Crippen LogP contribution is -2.34. The van der Waals surface area contributed by atoms with Gasteiger partial charge in [-0.3, -0.25) is 0 Å². The van der Waals surface area contributed by atoms with E-state index < -0.39 is 0 Å². The van der Waals surface area contributed by atoms with Gasteiger partial charge in [0, 0.05) is 12.6 Å². The molecule has 88 valence electrons. The highest BCUT2D eigenvalue weighted by atomic mass is 19.1. The molecule has 2 rings (SSSR count). The van der Waals surface area contributed by atoms with Crippen LogP contribution in [0.2, 0.25) is 0 Å². The van der Waals surface area contributed by atoms with E-state index in [1.54, 1.807) is 6.07 Å². The van der Waals surface area contributed by atoms with Crippen LogP contribution in [-0.2, 0) is 0 Å². The van der Waals surface area contributed by atoms with Crippen molar-refractivity contribution in [2.75, 3.05) is 17.2 Å². The summed E-state index contributed by atoms with van der Waals surface area (Å²) < 4.78 is 13.1. The minimum Gasteiger partial charge on any atom is -0.383 e. The van der Waals surface area contributed by atoms with Crippen molar-refractivity contribution < 1.29 is 4.39 Å². The molecule has 0 bridgehead atoms. The Morgan fingerprint density at radius 1 is 1.25 bits per heavy atom. The average molecular weight is 222 g/mol. The zero-order valence-electron chi connectivity index (χ0n) is 10.1. The number of halogens is 1. The molecule has 2 nitrogen and oxygen atoms in total. The summed E-state index contributed by atoms with van der Waals surface area (Å²) in [6.07, 6.45) is 1.04. The summed E-state index contributed by atoms with van der Waals surface area (Å²) in [5.74, 6) is -0.192. The third-order valence-corrected chi connectivity index (χ3v) is 3.11. The Kier molecular flexibility index (Phi) is 2.78. The Morgan fingerprint density at radius 2 is 2.00 bits per heavy atom. The van der Waals surface area contributed by atoms with Gasteiger partial charge in [0.2, 0.25) is 0 Å². The number of nitrogens with one attached hydrogen (secondary N) is 2. The monoisotopic (exact) mass is 222 g/mol. The van der Waals surface area contributed by atoms with E-state index in [0.717, 1.165) is 24.3 Å². The van der Waals surface area contributed by atoms with Gasteiger partial charge in [0.1, 0.15) is 5.82 Å². The highest BCUT2D eigenvalue weighted by molar-refractivity contribution is 5.70. The molecule has 0 saturated heterocycles. The van der Waals surface area contributed by atoms with Gasteiger partial charge < -0.3 is 10.6 Å². The van der Waals surface area contributed by atoms with Crippen LogP contribution in [0.5, 0.6) is 0 Å². The molecule has 1 heterocycles. The highest BCUT2D eigenvalue weighted by Gasteiger charge is 2.26. The van der Waals surface area contributed by atoms with Gasteiger partial charge in [0.05, 0.1) is 11.4 Å². The average Bonchev–Trinajstić information content (AvgIpc) is 2.38. The van der Waals surface area contributed by atoms with Crippen molar-refractivity contribution in [2.24, 2.45) is 5.41 Å². The van der Waals surface area contributed by atoms with E-state index in [1.165, 1.54) is 6.07 Å². The van der Waals surface area contributed by atoms with Crippen LogP contribution in [0, 0.1) is 11.2 Å². The van der Waals surface area contributed by atoms with Crippen LogP contribution < -0.4 is 10.6 Å². The maximum absolute atomic E-state index is 13.1. The molecule has 0 radical (unpaired) electrons. The normalized spacial score (nSPS) is 20.4. The molecule has 0 spiro atoms. The molecule has 1 aromatic carbocycles. The summed E-state index contributed by atoms with van der Waals surface area (Å²) in [5.41, 5.74) is 2.07. The lowest BCUT2D eigenvalue weighted by Gasteiger charge is -2.31. The minimum atomic E-state index is -0.192. The molecule has 3 heteroatoms. The van der Waals surface area contributed by atoms with E-state index in [1.807, 2.05) is 6.07 Å². The van der Waals surface area contributed by atoms with E-state index in [0.29, 0.717) is 6.04 Å². The van der Waals surface area contributed by atoms with Crippen molar-refractivity contribution in [3.63, 3.8) is 0 Å². The molecule has 16 heavy (non-hydrogen) atoms. The second kappa shape index (κ2) is 3.96. The summed E-state index contributed by atoms with van der Waals surface area (Å²) in [4.78, 5) is 0. The number of anilines is 2. The van der Waals surface area contributed by atoms with Crippen LogP contribution >= 0.6 is 0 Å². The van der Waals surface area contributed by atoms with Gasteiger partial charge in [-0.25, -0.2) is 4.39 Å². The Labute approximate surface area is 96.2 Å². The molecule has 2 N–H and O–H groups in total. The standard InChI is InChI=1S/C13H19FN2/c1-13(2,3)12-6-7-15-11-8-9(14)4-5-10(11)16-12/h4-5,8,12,15-16H,6-7H2,1-3H3. The van der Waals surface area contributed by atoms with Gasteiger partial charge in [-0.05, 0) is 30.0 Å². The molecule has 1 aliphatic heterocycles. The van der Waals surface area contributed by atoms with Crippen LogP contribution in [-0.4, -0.2) is 12.6 Å². The van der Waals surface area contributed by atoms with Gasteiger partial charge >= 0.3 is 0 Å². The Bertz CT molecular complexity index is 382. The maximum Gasteiger partial charge on any atom is 0.125 e. The topological polar surface area (TPSA) is 24.1 Å². The second-order valence-corrected chi connectivity index (χ2v) is 5.47. The van der Waals surface area contributed by atoms with Crippen LogP contribution in [0.1, 0.15) is 27.2 Å². The zero-order chi connectivity index (χ0) is 11.8. The first kappa shape index (κ1) is 11.2. The first-order valence-electron chi connectivity index (χ1n) is 5.77. The van der Waals surface area contributed by atoms with Crippen molar-refractivity contribution in [2.45, 2.75) is 33.2 Å². The molecular weight excluding hydrogens is 203 g/mol. The summed E-state index contributed by atoms with van der Waals surface area (Å²) in [5, 5.41) is 6.76. The molecule has 0 saturated carbocycles. The maximum atomic E-state index is 13.1. The summed E-state index contributed by atoms with van der Waals surface area (Å²) in [6.45, 7) is 7.54. The Morgan fingerprint density at radius 3 is 2.69 bits per heavy atom. The number of hydrogen-bond acceptors (Lipinski definition) is 2. The van der Waals surface area contributed by atoms with Crippen molar-refractivity contribution in [3.05, 3.63) is 24.0 Å². The van der Waals surface area contributed by atoms with Gasteiger partial charge in [-0.2, -0.15) is 0 Å². The molecule has 0 aliphatic carbocycles. The summed E-state index contributed by atoms with van der Waals surface area (Å²) in [6, 6.07) is 5.26. The third kappa shape index (κ3) is 2.29. The minimum absolute atomic E-state index is 0.192. The molecule has 1 aromatic rings. The fourth-order valence-electron chi connectivity index (χ4n) is 2.05. The highest BCUT2D eigenvalue weighted by Crippen LogP contribution is 2.32. The first-order chi connectivity index (χ1) is 7.47. The predicted molar refractivity (Wildman–Crippen MR) is 66.4 cm³/mol. The Balaban J connectivity index is 2.28. The molecular formula is C13H19FN2. The van der Waals surface area contributed by atoms with E-state index >= 15 is 0 Å². The zero-order valence-corrected chi connectivity index (χ0v) is 10.1. The molecule has 0 aromatic heterocycles. The van der Waals surface area contributed by atoms with Gasteiger partial charge in [0.15, 0.2) is 0 Å². The largest absolute Gasteiger partial charge is 0.383 e. The number of fused-ring (bicyclic) bond motifs is 1. The molecule has 0 fully saturated rings. The van der Waals surface area contributed by atoms with Crippen LogP contribution in [0.3, 0.4) is 0 Å². The van der Waals surface area contributed by atoms with Crippen molar-refractivity contribution in [3.8, 4) is 0 Å². The van der Waals surface area contributed by atoms with E-state index in [4.69, 9.17) is 0 Å². The van der Waals surface area contributed by atoms with Crippen LogP contribution in [0.4, 0.5) is 15.8 Å². The van der Waals surface area contributed by atoms with E-state index in [-0.39, 0.29) is 11.2 Å². The van der Waals surface area contributed by atoms with E-state index in [2.05, 4.69) is 31.4 Å². The Hall–Kier alpha value is -1.25.